The Kier molecular flexibility index (Phi) is 5.69. The highest BCUT2D eigenvalue weighted by molar-refractivity contribution is 7.98. The van der Waals surface area contributed by atoms with Crippen LogP contribution in [-0.4, -0.2) is 45.9 Å². The number of hydrogen-bond donors (Lipinski definition) is 1. The molecule has 0 saturated carbocycles. The molecule has 0 spiro atoms. The fourth-order valence-electron chi connectivity index (χ4n) is 2.43. The smallest absolute Gasteiger partial charge is 0.335 e. The predicted octanol–water partition coefficient (Wildman–Crippen LogP) is 4.35. The van der Waals surface area contributed by atoms with Crippen molar-refractivity contribution in [1.82, 2.24) is 14.9 Å². The van der Waals surface area contributed by atoms with Gasteiger partial charge >= 0.3 is 5.97 Å². The van der Waals surface area contributed by atoms with E-state index in [4.69, 9.17) is 16.7 Å². The van der Waals surface area contributed by atoms with E-state index in [-0.39, 0.29) is 11.5 Å². The number of rotatable bonds is 5. The Morgan fingerprint density at radius 3 is 2.48 bits per heavy atom. The van der Waals surface area contributed by atoms with Crippen molar-refractivity contribution in [2.24, 2.45) is 0 Å². The van der Waals surface area contributed by atoms with E-state index in [1.807, 2.05) is 6.92 Å². The van der Waals surface area contributed by atoms with Crippen LogP contribution in [0.25, 0.3) is 10.2 Å². The molecule has 1 amide bonds. The maximum Gasteiger partial charge on any atom is 0.335 e. The molecule has 0 radical (unpaired) electrons. The van der Waals surface area contributed by atoms with Crippen LogP contribution in [0.1, 0.15) is 31.2 Å². The molecule has 6 nitrogen and oxygen atoms in total. The van der Waals surface area contributed by atoms with E-state index in [0.29, 0.717) is 31.2 Å². The van der Waals surface area contributed by atoms with E-state index in [1.54, 1.807) is 38.4 Å². The van der Waals surface area contributed by atoms with Gasteiger partial charge in [0, 0.05) is 19.8 Å². The summed E-state index contributed by atoms with van der Waals surface area (Å²) in [6, 6.07) is 6.66. The van der Waals surface area contributed by atoms with E-state index in [1.165, 1.54) is 28.0 Å². The molecule has 0 bridgehead atoms. The first-order valence-electron chi connectivity index (χ1n) is 7.91. The number of aromatic nitrogens is 2. The summed E-state index contributed by atoms with van der Waals surface area (Å²) in [5.41, 5.74) is 1.99. The number of nitrogens with zero attached hydrogens (tertiary/aromatic N) is 3. The van der Waals surface area contributed by atoms with Crippen LogP contribution in [0, 0.1) is 6.92 Å². The lowest BCUT2D eigenvalue weighted by Crippen LogP contribution is -2.21. The summed E-state index contributed by atoms with van der Waals surface area (Å²) in [4.78, 5) is 34.9. The first kappa shape index (κ1) is 19.6. The summed E-state index contributed by atoms with van der Waals surface area (Å²) >= 11 is 9.07. The lowest BCUT2D eigenvalue weighted by atomic mass is 10.1. The molecular formula is C18H16ClN3O3S2. The molecule has 2 heterocycles. The molecule has 9 heteroatoms. The van der Waals surface area contributed by atoms with Gasteiger partial charge in [-0.25, -0.2) is 14.8 Å². The molecule has 0 aliphatic heterocycles. The van der Waals surface area contributed by atoms with E-state index in [0.717, 1.165) is 11.1 Å². The van der Waals surface area contributed by atoms with Crippen LogP contribution in [0.3, 0.4) is 0 Å². The van der Waals surface area contributed by atoms with Gasteiger partial charge in [0.2, 0.25) is 0 Å². The zero-order valence-corrected chi connectivity index (χ0v) is 17.2. The lowest BCUT2D eigenvalue weighted by Gasteiger charge is -2.08. The first-order chi connectivity index (χ1) is 12.8. The molecule has 0 saturated heterocycles. The average molecular weight is 422 g/mol. The minimum absolute atomic E-state index is 0.0840. The molecule has 27 heavy (non-hydrogen) atoms. The monoisotopic (exact) mass is 421 g/mol. The average Bonchev–Trinajstić information content (AvgIpc) is 2.96. The van der Waals surface area contributed by atoms with Gasteiger partial charge in [0.25, 0.3) is 5.91 Å². The van der Waals surface area contributed by atoms with Crippen LogP contribution in [0.2, 0.25) is 5.15 Å². The van der Waals surface area contributed by atoms with Crippen molar-refractivity contribution in [2.75, 3.05) is 14.1 Å². The molecule has 2 aromatic heterocycles. The van der Waals surface area contributed by atoms with Gasteiger partial charge in [-0.3, -0.25) is 4.79 Å². The minimum atomic E-state index is -0.953. The number of carbonyl (C=O) groups excluding carboxylic acids is 1. The van der Waals surface area contributed by atoms with Gasteiger partial charge in [0.15, 0.2) is 5.16 Å². The van der Waals surface area contributed by atoms with E-state index in [2.05, 4.69) is 9.97 Å². The third kappa shape index (κ3) is 4.07. The van der Waals surface area contributed by atoms with Gasteiger partial charge in [-0.05, 0) is 30.2 Å². The number of fused-ring (bicyclic) bond motifs is 1. The Hall–Kier alpha value is -2.16. The van der Waals surface area contributed by atoms with E-state index >= 15 is 0 Å². The molecule has 140 valence electrons. The number of benzene rings is 1. The Balaban J connectivity index is 1.85. The van der Waals surface area contributed by atoms with Crippen LogP contribution in [0.5, 0.6) is 0 Å². The van der Waals surface area contributed by atoms with Crippen molar-refractivity contribution in [2.45, 2.75) is 17.8 Å². The highest BCUT2D eigenvalue weighted by Crippen LogP contribution is 2.35. The number of aromatic carboxylic acids is 1. The number of carbonyl (C=O) groups is 2. The summed E-state index contributed by atoms with van der Waals surface area (Å²) in [5.74, 6) is -0.458. The predicted molar refractivity (Wildman–Crippen MR) is 108 cm³/mol. The van der Waals surface area contributed by atoms with Crippen molar-refractivity contribution in [3.05, 3.63) is 51.0 Å². The summed E-state index contributed by atoms with van der Waals surface area (Å²) in [5, 5.41) is 10.5. The molecule has 1 aromatic carbocycles. The summed E-state index contributed by atoms with van der Waals surface area (Å²) in [6.45, 7) is 1.85. The van der Waals surface area contributed by atoms with Crippen molar-refractivity contribution in [3.63, 3.8) is 0 Å². The minimum Gasteiger partial charge on any atom is -0.478 e. The Morgan fingerprint density at radius 1 is 1.22 bits per heavy atom. The van der Waals surface area contributed by atoms with Crippen LogP contribution in [0.4, 0.5) is 0 Å². The quantitative estimate of drug-likeness (QED) is 0.374. The maximum atomic E-state index is 12.3. The normalized spacial score (nSPS) is 11.0. The SMILES string of the molecule is Cc1c(C(=O)N(C)C)sc2nc(SCc3ccc(C(=O)O)cc3)nc(Cl)c12. The molecule has 0 aliphatic rings. The van der Waals surface area contributed by atoms with Gasteiger partial charge in [0.1, 0.15) is 9.98 Å². The first-order valence-corrected chi connectivity index (χ1v) is 10.1. The molecule has 0 fully saturated rings. The van der Waals surface area contributed by atoms with Crippen LogP contribution < -0.4 is 0 Å². The topological polar surface area (TPSA) is 83.4 Å². The number of thioether (sulfide) groups is 1. The molecule has 0 unspecified atom stereocenters. The zero-order chi connectivity index (χ0) is 19.7. The molecular weight excluding hydrogens is 406 g/mol. The lowest BCUT2D eigenvalue weighted by molar-refractivity contribution is 0.0696. The standard InChI is InChI=1S/C18H16ClN3O3S2/c1-9-12-14(19)20-18(21-15(12)27-13(9)16(23)22(2)3)26-8-10-4-6-11(7-5-10)17(24)25/h4-7H,8H2,1-3H3,(H,24,25). The Bertz CT molecular complexity index is 1030. The second-order valence-electron chi connectivity index (χ2n) is 6.02. The molecule has 3 aromatic rings. The molecule has 0 aliphatic carbocycles. The highest BCUT2D eigenvalue weighted by Gasteiger charge is 2.21. The van der Waals surface area contributed by atoms with Gasteiger partial charge < -0.3 is 10.0 Å². The van der Waals surface area contributed by atoms with Crippen LogP contribution in [0.15, 0.2) is 29.4 Å². The number of halogens is 1. The fourth-order valence-corrected chi connectivity index (χ4v) is 4.91. The van der Waals surface area contributed by atoms with Crippen molar-refractivity contribution >= 4 is 56.8 Å². The summed E-state index contributed by atoms with van der Waals surface area (Å²) in [6.07, 6.45) is 0. The Morgan fingerprint density at radius 2 is 1.89 bits per heavy atom. The van der Waals surface area contributed by atoms with Gasteiger partial charge in [-0.2, -0.15) is 0 Å². The molecule has 3 rings (SSSR count). The number of thiophene rings is 1. The maximum absolute atomic E-state index is 12.3. The second kappa shape index (κ2) is 7.84. The summed E-state index contributed by atoms with van der Waals surface area (Å²) < 4.78 is 0. The summed E-state index contributed by atoms with van der Waals surface area (Å²) in [7, 11) is 3.41. The van der Waals surface area contributed by atoms with E-state index in [9.17, 15) is 9.59 Å². The van der Waals surface area contributed by atoms with Crippen molar-refractivity contribution in [3.8, 4) is 0 Å². The number of aryl methyl sites for hydroxylation is 1. The third-order valence-corrected chi connectivity index (χ3v) is 6.26. The number of carboxylic acids is 1. The molecule has 1 N–H and O–H groups in total. The van der Waals surface area contributed by atoms with Gasteiger partial charge in [-0.15, -0.1) is 11.3 Å². The fraction of sp³-hybridized carbons (Fsp3) is 0.222. The van der Waals surface area contributed by atoms with Crippen LogP contribution >= 0.6 is 34.7 Å². The van der Waals surface area contributed by atoms with Crippen LogP contribution in [-0.2, 0) is 5.75 Å². The molecule has 0 atom stereocenters. The third-order valence-electron chi connectivity index (χ3n) is 3.89. The van der Waals surface area contributed by atoms with Gasteiger partial charge in [-0.1, -0.05) is 35.5 Å². The van der Waals surface area contributed by atoms with Crippen molar-refractivity contribution < 1.29 is 14.7 Å². The highest BCUT2D eigenvalue weighted by atomic mass is 35.5. The van der Waals surface area contributed by atoms with Gasteiger partial charge in [0.05, 0.1) is 15.8 Å². The largest absolute Gasteiger partial charge is 0.478 e. The Labute approximate surface area is 169 Å². The second-order valence-corrected chi connectivity index (χ2v) is 8.32. The number of carboxylic acid groups (broad SMARTS) is 1. The number of amides is 1. The van der Waals surface area contributed by atoms with Crippen molar-refractivity contribution in [1.29, 1.82) is 0 Å². The number of hydrogen-bond acceptors (Lipinski definition) is 6. The zero-order valence-electron chi connectivity index (χ0n) is 14.8. The van der Waals surface area contributed by atoms with E-state index < -0.39 is 5.97 Å².